The maximum atomic E-state index is 12.2. The number of likely N-dealkylation sites (N-methyl/N-ethyl adjacent to an activating group) is 1. The van der Waals surface area contributed by atoms with Crippen LogP contribution in [-0.2, 0) is 4.79 Å². The summed E-state index contributed by atoms with van der Waals surface area (Å²) in [4.78, 5) is 29.7. The molecule has 1 aromatic heterocycles. The van der Waals surface area contributed by atoms with Gasteiger partial charge in [0.1, 0.15) is 6.04 Å². The molecule has 0 aliphatic carbocycles. The van der Waals surface area contributed by atoms with Crippen molar-refractivity contribution in [2.75, 3.05) is 13.1 Å². The van der Waals surface area contributed by atoms with Crippen LogP contribution in [0, 0.1) is 13.8 Å². The number of hydrogen-bond donors (Lipinski definition) is 0. The first-order chi connectivity index (χ1) is 8.42. The van der Waals surface area contributed by atoms with E-state index in [9.17, 15) is 9.59 Å². The highest BCUT2D eigenvalue weighted by atomic mass is 16.2. The van der Waals surface area contributed by atoms with E-state index in [0.717, 1.165) is 5.69 Å². The number of rotatable bonds is 4. The van der Waals surface area contributed by atoms with Crippen molar-refractivity contribution in [2.45, 2.75) is 40.7 Å². The number of carbonyl (C=O) groups is 1. The maximum Gasteiger partial charge on any atom is 0.348 e. The number of aromatic nitrogens is 2. The molecule has 1 rings (SSSR count). The molecule has 0 saturated heterocycles. The summed E-state index contributed by atoms with van der Waals surface area (Å²) in [6, 6.07) is 1.30. The third-order valence-electron chi connectivity index (χ3n) is 3.10. The lowest BCUT2D eigenvalue weighted by molar-refractivity contribution is -0.134. The van der Waals surface area contributed by atoms with Gasteiger partial charge >= 0.3 is 5.69 Å². The molecule has 0 saturated carbocycles. The summed E-state index contributed by atoms with van der Waals surface area (Å²) in [5, 5.41) is 0. The number of nitrogens with zero attached hydrogens (tertiary/aromatic N) is 3. The zero-order chi connectivity index (χ0) is 13.9. The van der Waals surface area contributed by atoms with Crippen LogP contribution in [0.2, 0.25) is 0 Å². The van der Waals surface area contributed by atoms with E-state index in [-0.39, 0.29) is 11.6 Å². The highest BCUT2D eigenvalue weighted by Gasteiger charge is 2.22. The third-order valence-corrected chi connectivity index (χ3v) is 3.10. The first-order valence-corrected chi connectivity index (χ1v) is 6.27. The van der Waals surface area contributed by atoms with Gasteiger partial charge in [0.25, 0.3) is 0 Å². The predicted octanol–water partition coefficient (Wildman–Crippen LogP) is 1.29. The summed E-state index contributed by atoms with van der Waals surface area (Å²) in [5.41, 5.74) is 1.08. The first-order valence-electron chi connectivity index (χ1n) is 6.27. The van der Waals surface area contributed by atoms with E-state index in [4.69, 9.17) is 0 Å². The van der Waals surface area contributed by atoms with Crippen molar-refractivity contribution in [3.8, 4) is 0 Å². The summed E-state index contributed by atoms with van der Waals surface area (Å²) in [6.45, 7) is 10.5. The zero-order valence-corrected chi connectivity index (χ0v) is 11.7. The molecule has 0 N–H and O–H groups in total. The van der Waals surface area contributed by atoms with Crippen molar-refractivity contribution in [1.82, 2.24) is 14.5 Å². The minimum absolute atomic E-state index is 0.0455. The van der Waals surface area contributed by atoms with Crippen LogP contribution in [0.3, 0.4) is 0 Å². The van der Waals surface area contributed by atoms with Crippen molar-refractivity contribution in [1.29, 1.82) is 0 Å². The summed E-state index contributed by atoms with van der Waals surface area (Å²) in [6.07, 6.45) is 0. The SMILES string of the molecule is CCN(CC)C(=O)C(C)n1c(C)cc(C)nc1=O. The predicted molar refractivity (Wildman–Crippen MR) is 70.6 cm³/mol. The molecule has 0 bridgehead atoms. The second-order valence-corrected chi connectivity index (χ2v) is 4.38. The van der Waals surface area contributed by atoms with Crippen LogP contribution in [0.25, 0.3) is 0 Å². The summed E-state index contributed by atoms with van der Waals surface area (Å²) >= 11 is 0. The van der Waals surface area contributed by atoms with Gasteiger partial charge in [-0.3, -0.25) is 9.36 Å². The molecule has 100 valence electrons. The van der Waals surface area contributed by atoms with E-state index in [1.54, 1.807) is 18.7 Å². The Morgan fingerprint density at radius 1 is 1.39 bits per heavy atom. The second-order valence-electron chi connectivity index (χ2n) is 4.38. The van der Waals surface area contributed by atoms with E-state index in [0.29, 0.717) is 18.8 Å². The molecule has 0 aliphatic rings. The molecule has 18 heavy (non-hydrogen) atoms. The van der Waals surface area contributed by atoms with Crippen LogP contribution in [0.1, 0.15) is 38.2 Å². The van der Waals surface area contributed by atoms with Crippen LogP contribution in [-0.4, -0.2) is 33.4 Å². The van der Waals surface area contributed by atoms with Gasteiger partial charge in [-0.1, -0.05) is 0 Å². The first kappa shape index (κ1) is 14.4. The Kier molecular flexibility index (Phi) is 4.64. The average Bonchev–Trinajstić information content (AvgIpc) is 2.28. The van der Waals surface area contributed by atoms with Crippen molar-refractivity contribution in [2.24, 2.45) is 0 Å². The molecule has 1 amide bonds. The highest BCUT2D eigenvalue weighted by Crippen LogP contribution is 2.10. The van der Waals surface area contributed by atoms with Gasteiger partial charge in [-0.2, -0.15) is 4.98 Å². The lowest BCUT2D eigenvalue weighted by Crippen LogP contribution is -2.40. The van der Waals surface area contributed by atoms with Gasteiger partial charge in [0.2, 0.25) is 5.91 Å². The average molecular weight is 251 g/mol. The Hall–Kier alpha value is -1.65. The minimum atomic E-state index is -0.509. The van der Waals surface area contributed by atoms with Crippen LogP contribution in [0.4, 0.5) is 0 Å². The van der Waals surface area contributed by atoms with Crippen molar-refractivity contribution in [3.05, 3.63) is 27.9 Å². The standard InChI is InChI=1S/C13H21N3O2/c1-6-15(7-2)12(17)11(5)16-10(4)8-9(3)14-13(16)18/h8,11H,6-7H2,1-5H3. The quantitative estimate of drug-likeness (QED) is 0.810. The van der Waals surface area contributed by atoms with E-state index in [1.165, 1.54) is 4.57 Å². The fourth-order valence-corrected chi connectivity index (χ4v) is 2.14. The van der Waals surface area contributed by atoms with Crippen LogP contribution >= 0.6 is 0 Å². The zero-order valence-electron chi connectivity index (χ0n) is 11.7. The Bertz CT molecular complexity index is 489. The Balaban J connectivity index is 3.15. The number of carbonyl (C=O) groups excluding carboxylic acids is 1. The third kappa shape index (κ3) is 2.78. The Morgan fingerprint density at radius 2 is 1.94 bits per heavy atom. The lowest BCUT2D eigenvalue weighted by atomic mass is 10.2. The fraction of sp³-hybridized carbons (Fsp3) is 0.615. The maximum absolute atomic E-state index is 12.2. The largest absolute Gasteiger partial charge is 0.348 e. The topological polar surface area (TPSA) is 55.2 Å². The molecule has 1 aromatic rings. The molecule has 1 heterocycles. The van der Waals surface area contributed by atoms with Gasteiger partial charge in [-0.25, -0.2) is 4.79 Å². The molecule has 1 atom stereocenters. The lowest BCUT2D eigenvalue weighted by Gasteiger charge is -2.25. The molecular weight excluding hydrogens is 230 g/mol. The molecule has 0 spiro atoms. The van der Waals surface area contributed by atoms with E-state index < -0.39 is 6.04 Å². The van der Waals surface area contributed by atoms with E-state index in [2.05, 4.69) is 4.98 Å². The van der Waals surface area contributed by atoms with Gasteiger partial charge < -0.3 is 4.90 Å². The molecule has 1 unspecified atom stereocenters. The van der Waals surface area contributed by atoms with Gasteiger partial charge in [0, 0.05) is 24.5 Å². The second kappa shape index (κ2) is 5.80. The highest BCUT2D eigenvalue weighted by molar-refractivity contribution is 5.80. The van der Waals surface area contributed by atoms with Gasteiger partial charge in [0.15, 0.2) is 0 Å². The van der Waals surface area contributed by atoms with E-state index in [1.807, 2.05) is 26.8 Å². The Morgan fingerprint density at radius 3 is 2.39 bits per heavy atom. The van der Waals surface area contributed by atoms with Crippen molar-refractivity contribution in [3.63, 3.8) is 0 Å². The Labute approximate surface area is 107 Å². The summed E-state index contributed by atoms with van der Waals surface area (Å²) in [7, 11) is 0. The van der Waals surface area contributed by atoms with Gasteiger partial charge in [0.05, 0.1) is 0 Å². The van der Waals surface area contributed by atoms with Crippen molar-refractivity contribution >= 4 is 5.91 Å². The smallest absolute Gasteiger partial charge is 0.341 e. The summed E-state index contributed by atoms with van der Waals surface area (Å²) in [5.74, 6) is -0.0455. The van der Waals surface area contributed by atoms with Gasteiger partial charge in [-0.15, -0.1) is 0 Å². The molecular formula is C13H21N3O2. The molecule has 5 heteroatoms. The molecule has 5 nitrogen and oxygen atoms in total. The van der Waals surface area contributed by atoms with Crippen LogP contribution in [0.15, 0.2) is 10.9 Å². The molecule has 0 aromatic carbocycles. The number of aryl methyl sites for hydroxylation is 2. The normalized spacial score (nSPS) is 12.3. The molecule has 0 fully saturated rings. The molecule has 0 radical (unpaired) electrons. The fourth-order valence-electron chi connectivity index (χ4n) is 2.14. The monoisotopic (exact) mass is 251 g/mol. The van der Waals surface area contributed by atoms with Crippen LogP contribution < -0.4 is 5.69 Å². The summed E-state index contributed by atoms with van der Waals surface area (Å²) < 4.78 is 1.45. The minimum Gasteiger partial charge on any atom is -0.341 e. The number of hydrogen-bond acceptors (Lipinski definition) is 3. The number of amides is 1. The van der Waals surface area contributed by atoms with Crippen LogP contribution in [0.5, 0.6) is 0 Å². The van der Waals surface area contributed by atoms with Gasteiger partial charge in [-0.05, 0) is 40.7 Å². The molecule has 0 aliphatic heterocycles. The van der Waals surface area contributed by atoms with Crippen molar-refractivity contribution < 1.29 is 4.79 Å². The van der Waals surface area contributed by atoms with E-state index >= 15 is 0 Å².